The van der Waals surface area contributed by atoms with Crippen molar-refractivity contribution >= 4 is 23.3 Å². The van der Waals surface area contributed by atoms with Crippen molar-refractivity contribution in [2.45, 2.75) is 13.8 Å². The van der Waals surface area contributed by atoms with E-state index < -0.39 is 17.1 Å². The summed E-state index contributed by atoms with van der Waals surface area (Å²) in [5.74, 6) is -1.39. The summed E-state index contributed by atoms with van der Waals surface area (Å²) in [7, 11) is 0. The van der Waals surface area contributed by atoms with E-state index in [0.29, 0.717) is 0 Å². The van der Waals surface area contributed by atoms with Crippen molar-refractivity contribution in [1.82, 2.24) is 5.32 Å². The summed E-state index contributed by atoms with van der Waals surface area (Å²) in [5, 5.41) is 14.0. The van der Waals surface area contributed by atoms with E-state index in [-0.39, 0.29) is 23.0 Å². The van der Waals surface area contributed by atoms with Crippen LogP contribution < -0.4 is 11.1 Å². The predicted octanol–water partition coefficient (Wildman–Crippen LogP) is 1.98. The topological polar surface area (TPSA) is 87.7 Å². The Morgan fingerprint density at radius 2 is 2.21 bits per heavy atom. The maximum Gasteiger partial charge on any atom is 0.255 e. The van der Waals surface area contributed by atoms with E-state index in [1.165, 1.54) is 12.1 Å². The molecular formula is C12H15ClFN3O2. The van der Waals surface area contributed by atoms with E-state index >= 15 is 0 Å². The number of amidine groups is 1. The van der Waals surface area contributed by atoms with Crippen molar-refractivity contribution in [1.29, 1.82) is 0 Å². The second-order valence-electron chi connectivity index (χ2n) is 4.65. The molecule has 104 valence electrons. The van der Waals surface area contributed by atoms with E-state index in [9.17, 15) is 9.18 Å². The zero-order valence-electron chi connectivity index (χ0n) is 10.6. The Kier molecular flexibility index (Phi) is 4.72. The molecule has 0 aromatic heterocycles. The second kappa shape index (κ2) is 5.88. The number of hydrogen-bond acceptors (Lipinski definition) is 3. The third-order valence-electron chi connectivity index (χ3n) is 2.68. The normalized spacial score (nSPS) is 12.3. The summed E-state index contributed by atoms with van der Waals surface area (Å²) in [5.41, 5.74) is 4.50. The molecule has 0 saturated heterocycles. The van der Waals surface area contributed by atoms with Gasteiger partial charge >= 0.3 is 0 Å². The van der Waals surface area contributed by atoms with Gasteiger partial charge in [0.15, 0.2) is 0 Å². The number of benzene rings is 1. The molecule has 0 heterocycles. The maximum absolute atomic E-state index is 13.5. The maximum atomic E-state index is 13.5. The van der Waals surface area contributed by atoms with Crippen molar-refractivity contribution in [3.63, 3.8) is 0 Å². The molecule has 5 nitrogen and oxygen atoms in total. The number of carbonyl (C=O) groups excluding carboxylic acids is 1. The molecule has 0 aliphatic carbocycles. The van der Waals surface area contributed by atoms with Crippen molar-refractivity contribution < 1.29 is 14.4 Å². The molecule has 4 N–H and O–H groups in total. The summed E-state index contributed by atoms with van der Waals surface area (Å²) in [6, 6.07) is 3.98. The predicted molar refractivity (Wildman–Crippen MR) is 70.9 cm³/mol. The minimum absolute atomic E-state index is 0.0269. The number of carbonyl (C=O) groups is 1. The van der Waals surface area contributed by atoms with Gasteiger partial charge < -0.3 is 16.3 Å². The Morgan fingerprint density at radius 1 is 1.58 bits per heavy atom. The summed E-state index contributed by atoms with van der Waals surface area (Å²) in [6.07, 6.45) is 0. The molecule has 1 aromatic rings. The monoisotopic (exact) mass is 287 g/mol. The molecule has 1 amide bonds. The Balaban J connectivity index is 2.82. The lowest BCUT2D eigenvalue weighted by Gasteiger charge is -2.23. The first kappa shape index (κ1) is 15.2. The van der Waals surface area contributed by atoms with Crippen LogP contribution in [0.1, 0.15) is 24.2 Å². The number of nitrogens with zero attached hydrogens (tertiary/aromatic N) is 1. The quantitative estimate of drug-likeness (QED) is 0.342. The van der Waals surface area contributed by atoms with Crippen LogP contribution in [-0.4, -0.2) is 23.5 Å². The smallest absolute Gasteiger partial charge is 0.255 e. The average molecular weight is 288 g/mol. The van der Waals surface area contributed by atoms with Gasteiger partial charge in [0, 0.05) is 12.0 Å². The van der Waals surface area contributed by atoms with Crippen LogP contribution in [-0.2, 0) is 0 Å². The fraction of sp³-hybridized carbons (Fsp3) is 0.333. The highest BCUT2D eigenvalue weighted by Crippen LogP contribution is 2.19. The van der Waals surface area contributed by atoms with Gasteiger partial charge in [0.2, 0.25) is 0 Å². The number of hydrogen-bond donors (Lipinski definition) is 3. The summed E-state index contributed by atoms with van der Waals surface area (Å²) < 4.78 is 13.5. The van der Waals surface area contributed by atoms with Gasteiger partial charge in [-0.15, -0.1) is 0 Å². The highest BCUT2D eigenvalue weighted by atomic mass is 35.5. The van der Waals surface area contributed by atoms with E-state index in [1.54, 1.807) is 13.8 Å². The van der Waals surface area contributed by atoms with Crippen LogP contribution in [0.4, 0.5) is 4.39 Å². The highest BCUT2D eigenvalue weighted by molar-refractivity contribution is 6.33. The first-order valence-electron chi connectivity index (χ1n) is 5.50. The summed E-state index contributed by atoms with van der Waals surface area (Å²) >= 11 is 5.77. The van der Waals surface area contributed by atoms with Crippen molar-refractivity contribution in [2.75, 3.05) is 6.54 Å². The number of nitrogens with one attached hydrogen (secondary N) is 1. The molecule has 0 saturated carbocycles. The van der Waals surface area contributed by atoms with Gasteiger partial charge in [-0.2, -0.15) is 0 Å². The van der Waals surface area contributed by atoms with E-state index in [0.717, 1.165) is 6.07 Å². The van der Waals surface area contributed by atoms with Crippen LogP contribution in [0.5, 0.6) is 0 Å². The van der Waals surface area contributed by atoms with Gasteiger partial charge in [0.25, 0.3) is 5.91 Å². The van der Waals surface area contributed by atoms with Gasteiger partial charge in [-0.25, -0.2) is 4.39 Å². The standard InChI is InChI=1S/C12H15ClFN3O2/c1-12(2,11(15)17-19)6-16-10(18)9-7(13)4-3-5-8(9)14/h3-5,19H,6H2,1-2H3,(H2,15,17)(H,16,18). The van der Waals surface area contributed by atoms with E-state index in [2.05, 4.69) is 10.5 Å². The number of nitrogens with two attached hydrogens (primary N) is 1. The molecule has 0 aliphatic heterocycles. The van der Waals surface area contributed by atoms with Gasteiger partial charge in [-0.3, -0.25) is 4.79 Å². The van der Waals surface area contributed by atoms with Crippen LogP contribution >= 0.6 is 11.6 Å². The SMILES string of the molecule is CC(C)(CNC(=O)c1c(F)cccc1Cl)/C(N)=N/O. The van der Waals surface area contributed by atoms with Crippen LogP contribution in [0.15, 0.2) is 23.4 Å². The largest absolute Gasteiger partial charge is 0.409 e. The molecule has 0 aliphatic rings. The molecule has 0 radical (unpaired) electrons. The van der Waals surface area contributed by atoms with Crippen LogP contribution in [0.25, 0.3) is 0 Å². The lowest BCUT2D eigenvalue weighted by atomic mass is 9.92. The first-order chi connectivity index (χ1) is 8.79. The van der Waals surface area contributed by atoms with Gasteiger partial charge in [-0.05, 0) is 12.1 Å². The Hall–Kier alpha value is -1.82. The molecule has 19 heavy (non-hydrogen) atoms. The summed E-state index contributed by atoms with van der Waals surface area (Å²) in [4.78, 5) is 11.9. The molecule has 0 bridgehead atoms. The number of rotatable bonds is 4. The fourth-order valence-electron chi connectivity index (χ4n) is 1.33. The molecule has 0 spiro atoms. The lowest BCUT2D eigenvalue weighted by molar-refractivity contribution is 0.0940. The number of amides is 1. The lowest BCUT2D eigenvalue weighted by Crippen LogP contribution is -2.42. The molecule has 0 unspecified atom stereocenters. The van der Waals surface area contributed by atoms with Gasteiger partial charge in [0.1, 0.15) is 11.7 Å². The van der Waals surface area contributed by atoms with E-state index in [4.69, 9.17) is 22.5 Å². The third-order valence-corrected chi connectivity index (χ3v) is 3.00. The number of halogens is 2. The molecule has 1 aromatic carbocycles. The van der Waals surface area contributed by atoms with Crippen molar-refractivity contribution in [3.05, 3.63) is 34.6 Å². The van der Waals surface area contributed by atoms with E-state index in [1.807, 2.05) is 0 Å². The Bertz CT molecular complexity index is 497. The van der Waals surface area contributed by atoms with Crippen molar-refractivity contribution in [3.8, 4) is 0 Å². The van der Waals surface area contributed by atoms with Crippen LogP contribution in [0.3, 0.4) is 0 Å². The summed E-state index contributed by atoms with van der Waals surface area (Å²) in [6.45, 7) is 3.42. The highest BCUT2D eigenvalue weighted by Gasteiger charge is 2.25. The zero-order chi connectivity index (χ0) is 14.6. The molecule has 1 rings (SSSR count). The van der Waals surface area contributed by atoms with Crippen LogP contribution in [0.2, 0.25) is 5.02 Å². The van der Waals surface area contributed by atoms with Gasteiger partial charge in [-0.1, -0.05) is 36.7 Å². The minimum atomic E-state index is -0.762. The van der Waals surface area contributed by atoms with Crippen molar-refractivity contribution in [2.24, 2.45) is 16.3 Å². The second-order valence-corrected chi connectivity index (χ2v) is 5.06. The Labute approximate surface area is 115 Å². The minimum Gasteiger partial charge on any atom is -0.409 e. The first-order valence-corrected chi connectivity index (χ1v) is 5.87. The molecule has 0 atom stereocenters. The Morgan fingerprint density at radius 3 is 2.74 bits per heavy atom. The molecular weight excluding hydrogens is 273 g/mol. The molecule has 0 fully saturated rings. The average Bonchev–Trinajstić information content (AvgIpc) is 2.35. The molecule has 7 heteroatoms. The zero-order valence-corrected chi connectivity index (χ0v) is 11.3. The number of oxime groups is 1. The third kappa shape index (κ3) is 3.57. The fourth-order valence-corrected chi connectivity index (χ4v) is 1.58. The van der Waals surface area contributed by atoms with Gasteiger partial charge in [0.05, 0.1) is 10.6 Å². The van der Waals surface area contributed by atoms with Crippen LogP contribution in [0, 0.1) is 11.2 Å².